The summed E-state index contributed by atoms with van der Waals surface area (Å²) >= 11 is 0. The minimum atomic E-state index is -0.0705. The lowest BCUT2D eigenvalue weighted by Crippen LogP contribution is -2.37. The Labute approximate surface area is 126 Å². The maximum Gasteiger partial charge on any atom is 0.255 e. The van der Waals surface area contributed by atoms with Crippen LogP contribution < -0.4 is 10.1 Å². The summed E-state index contributed by atoms with van der Waals surface area (Å²) in [6, 6.07) is 7.28. The highest BCUT2D eigenvalue weighted by atomic mass is 16.5. The summed E-state index contributed by atoms with van der Waals surface area (Å²) < 4.78 is 10.5. The summed E-state index contributed by atoms with van der Waals surface area (Å²) in [5, 5.41) is 2.95. The minimum Gasteiger partial charge on any atom is -0.496 e. The Bertz CT molecular complexity index is 445. The fourth-order valence-electron chi connectivity index (χ4n) is 2.41. The Hall–Kier alpha value is -1.59. The van der Waals surface area contributed by atoms with E-state index in [1.54, 1.807) is 19.2 Å². The molecule has 0 saturated carbocycles. The van der Waals surface area contributed by atoms with Crippen molar-refractivity contribution in [2.45, 2.75) is 12.8 Å². The molecule has 1 aromatic rings. The first kappa shape index (κ1) is 15.8. The van der Waals surface area contributed by atoms with Gasteiger partial charge < -0.3 is 14.8 Å². The van der Waals surface area contributed by atoms with E-state index in [-0.39, 0.29) is 5.91 Å². The number of carbonyl (C=O) groups is 1. The zero-order valence-electron chi connectivity index (χ0n) is 12.6. The van der Waals surface area contributed by atoms with E-state index >= 15 is 0 Å². The Kier molecular flexibility index (Phi) is 6.50. The molecule has 5 nitrogen and oxygen atoms in total. The van der Waals surface area contributed by atoms with Crippen LogP contribution in [0.3, 0.4) is 0 Å². The highest BCUT2D eigenvalue weighted by molar-refractivity contribution is 5.96. The fourth-order valence-corrected chi connectivity index (χ4v) is 2.41. The standard InChI is InChI=1S/C16H24N2O3/c1-20-15-7-3-2-6-14(15)16(19)17-8-4-5-9-18-10-12-21-13-11-18/h2-3,6-7H,4-5,8-13H2,1H3,(H,17,19). The van der Waals surface area contributed by atoms with Crippen LogP contribution in [0.1, 0.15) is 23.2 Å². The van der Waals surface area contributed by atoms with E-state index in [1.165, 1.54) is 0 Å². The third-order valence-corrected chi connectivity index (χ3v) is 3.64. The molecule has 1 N–H and O–H groups in total. The summed E-state index contributed by atoms with van der Waals surface area (Å²) in [6.07, 6.45) is 2.07. The van der Waals surface area contributed by atoms with Crippen LogP contribution in [0.15, 0.2) is 24.3 Å². The zero-order chi connectivity index (χ0) is 14.9. The highest BCUT2D eigenvalue weighted by Gasteiger charge is 2.11. The molecule has 0 aliphatic carbocycles. The van der Waals surface area contributed by atoms with Gasteiger partial charge in [-0.25, -0.2) is 0 Å². The molecule has 0 atom stereocenters. The fraction of sp³-hybridized carbons (Fsp3) is 0.562. The van der Waals surface area contributed by atoms with Gasteiger partial charge in [-0.15, -0.1) is 0 Å². The number of benzene rings is 1. The molecule has 2 rings (SSSR count). The van der Waals surface area contributed by atoms with Crippen molar-refractivity contribution in [3.63, 3.8) is 0 Å². The predicted molar refractivity (Wildman–Crippen MR) is 81.8 cm³/mol. The number of amides is 1. The van der Waals surface area contributed by atoms with Crippen LogP contribution in [0.25, 0.3) is 0 Å². The van der Waals surface area contributed by atoms with E-state index in [0.29, 0.717) is 17.9 Å². The summed E-state index contributed by atoms with van der Waals surface area (Å²) in [5.41, 5.74) is 0.591. The van der Waals surface area contributed by atoms with E-state index < -0.39 is 0 Å². The Balaban J connectivity index is 1.65. The number of carbonyl (C=O) groups excluding carboxylic acids is 1. The second-order valence-corrected chi connectivity index (χ2v) is 5.12. The molecule has 0 aromatic heterocycles. The molecule has 1 aromatic carbocycles. The van der Waals surface area contributed by atoms with Gasteiger partial charge in [0.05, 0.1) is 25.9 Å². The quantitative estimate of drug-likeness (QED) is 0.775. The first-order valence-corrected chi connectivity index (χ1v) is 7.52. The molecule has 0 spiro atoms. The number of ether oxygens (including phenoxy) is 2. The number of methoxy groups -OCH3 is 1. The Morgan fingerprint density at radius 3 is 2.81 bits per heavy atom. The van der Waals surface area contributed by atoms with Crippen LogP contribution in [0.4, 0.5) is 0 Å². The summed E-state index contributed by atoms with van der Waals surface area (Å²) in [7, 11) is 1.58. The van der Waals surface area contributed by atoms with Crippen molar-refractivity contribution < 1.29 is 14.3 Å². The van der Waals surface area contributed by atoms with Gasteiger partial charge in [-0.05, 0) is 31.5 Å². The average Bonchev–Trinajstić information content (AvgIpc) is 2.55. The first-order chi connectivity index (χ1) is 10.3. The van der Waals surface area contributed by atoms with Crippen molar-refractivity contribution in [3.8, 4) is 5.75 Å². The molecule has 21 heavy (non-hydrogen) atoms. The third-order valence-electron chi connectivity index (χ3n) is 3.64. The summed E-state index contributed by atoms with van der Waals surface area (Å²) in [4.78, 5) is 14.5. The predicted octanol–water partition coefficient (Wildman–Crippen LogP) is 1.54. The highest BCUT2D eigenvalue weighted by Crippen LogP contribution is 2.16. The van der Waals surface area contributed by atoms with Gasteiger partial charge in [0.1, 0.15) is 5.75 Å². The van der Waals surface area contributed by atoms with Crippen LogP contribution in [0, 0.1) is 0 Å². The molecule has 0 bridgehead atoms. The van der Waals surface area contributed by atoms with Crippen LogP contribution in [0.2, 0.25) is 0 Å². The van der Waals surface area contributed by atoms with Crippen molar-refractivity contribution in [3.05, 3.63) is 29.8 Å². The molecule has 5 heteroatoms. The van der Waals surface area contributed by atoms with Crippen LogP contribution >= 0.6 is 0 Å². The maximum atomic E-state index is 12.1. The van der Waals surface area contributed by atoms with Crippen molar-refractivity contribution in [2.75, 3.05) is 46.5 Å². The number of nitrogens with zero attached hydrogens (tertiary/aromatic N) is 1. The summed E-state index contributed by atoms with van der Waals surface area (Å²) in [5.74, 6) is 0.544. The van der Waals surface area contributed by atoms with Crippen LogP contribution in [0.5, 0.6) is 5.75 Å². The van der Waals surface area contributed by atoms with E-state index in [1.807, 2.05) is 12.1 Å². The lowest BCUT2D eigenvalue weighted by molar-refractivity contribution is 0.0372. The molecule has 116 valence electrons. The maximum absolute atomic E-state index is 12.1. The van der Waals surface area contributed by atoms with Gasteiger partial charge in [0.2, 0.25) is 0 Å². The summed E-state index contributed by atoms with van der Waals surface area (Å²) in [6.45, 7) is 5.49. The van der Waals surface area contributed by atoms with Crippen molar-refractivity contribution >= 4 is 5.91 Å². The molecule has 1 saturated heterocycles. The monoisotopic (exact) mass is 292 g/mol. The molecule has 1 amide bonds. The molecule has 1 fully saturated rings. The number of morpholine rings is 1. The van der Waals surface area contributed by atoms with E-state index in [9.17, 15) is 4.79 Å². The van der Waals surface area contributed by atoms with Gasteiger partial charge in [0.15, 0.2) is 0 Å². The normalized spacial score (nSPS) is 15.7. The second kappa shape index (κ2) is 8.64. The lowest BCUT2D eigenvalue weighted by atomic mass is 10.2. The van der Waals surface area contributed by atoms with E-state index in [2.05, 4.69) is 10.2 Å². The number of nitrogens with one attached hydrogen (secondary N) is 1. The molecule has 1 aliphatic rings. The van der Waals surface area contributed by atoms with E-state index in [0.717, 1.165) is 45.7 Å². The number of hydrogen-bond acceptors (Lipinski definition) is 4. The topological polar surface area (TPSA) is 50.8 Å². The van der Waals surface area contributed by atoms with Gasteiger partial charge in [0.25, 0.3) is 5.91 Å². The van der Waals surface area contributed by atoms with Gasteiger partial charge in [0, 0.05) is 19.6 Å². The Morgan fingerprint density at radius 2 is 2.05 bits per heavy atom. The molecular formula is C16H24N2O3. The average molecular weight is 292 g/mol. The number of hydrogen-bond donors (Lipinski definition) is 1. The van der Waals surface area contributed by atoms with Gasteiger partial charge in [-0.2, -0.15) is 0 Å². The number of para-hydroxylation sites is 1. The molecular weight excluding hydrogens is 268 g/mol. The zero-order valence-corrected chi connectivity index (χ0v) is 12.6. The SMILES string of the molecule is COc1ccccc1C(=O)NCCCCN1CCOCC1. The molecule has 0 unspecified atom stereocenters. The molecule has 0 radical (unpaired) electrons. The van der Waals surface area contributed by atoms with Crippen molar-refractivity contribution in [1.29, 1.82) is 0 Å². The van der Waals surface area contributed by atoms with Crippen LogP contribution in [-0.4, -0.2) is 57.3 Å². The lowest BCUT2D eigenvalue weighted by Gasteiger charge is -2.26. The van der Waals surface area contributed by atoms with E-state index in [4.69, 9.17) is 9.47 Å². The van der Waals surface area contributed by atoms with Crippen molar-refractivity contribution in [1.82, 2.24) is 10.2 Å². The molecule has 1 aliphatic heterocycles. The molecule has 1 heterocycles. The van der Waals surface area contributed by atoms with Gasteiger partial charge in [-0.1, -0.05) is 12.1 Å². The smallest absolute Gasteiger partial charge is 0.255 e. The van der Waals surface area contributed by atoms with Crippen LogP contribution in [-0.2, 0) is 4.74 Å². The Morgan fingerprint density at radius 1 is 1.29 bits per heavy atom. The van der Waals surface area contributed by atoms with Gasteiger partial charge in [-0.3, -0.25) is 9.69 Å². The number of rotatable bonds is 7. The van der Waals surface area contributed by atoms with Gasteiger partial charge >= 0.3 is 0 Å². The number of unbranched alkanes of at least 4 members (excludes halogenated alkanes) is 1. The largest absolute Gasteiger partial charge is 0.496 e. The first-order valence-electron chi connectivity index (χ1n) is 7.52. The third kappa shape index (κ3) is 5.02. The van der Waals surface area contributed by atoms with Crippen molar-refractivity contribution in [2.24, 2.45) is 0 Å². The second-order valence-electron chi connectivity index (χ2n) is 5.12. The minimum absolute atomic E-state index is 0.0705.